The topological polar surface area (TPSA) is 63.0 Å². The first-order chi connectivity index (χ1) is 9.79. The van der Waals surface area contributed by atoms with E-state index < -0.39 is 0 Å². The minimum absolute atomic E-state index is 0.0761. The van der Waals surface area contributed by atoms with E-state index >= 15 is 0 Å². The van der Waals surface area contributed by atoms with Crippen LogP contribution in [-0.2, 0) is 7.05 Å². The van der Waals surface area contributed by atoms with Gasteiger partial charge in [-0.1, -0.05) is 18.2 Å². The van der Waals surface area contributed by atoms with Crippen LogP contribution in [0.25, 0.3) is 22.2 Å². The molecule has 0 atom stereocenters. The van der Waals surface area contributed by atoms with E-state index in [1.807, 2.05) is 31.3 Å². The molecule has 2 aromatic heterocycles. The molecule has 0 amide bonds. The van der Waals surface area contributed by atoms with Crippen molar-refractivity contribution in [1.29, 1.82) is 0 Å². The van der Waals surface area contributed by atoms with E-state index in [1.165, 1.54) is 10.9 Å². The summed E-state index contributed by atoms with van der Waals surface area (Å²) in [7, 11) is 2.02. The van der Waals surface area contributed by atoms with Crippen molar-refractivity contribution in [3.8, 4) is 11.3 Å². The molecule has 0 aliphatic carbocycles. The summed E-state index contributed by atoms with van der Waals surface area (Å²) in [5.74, 6) is 0.669. The summed E-state index contributed by atoms with van der Waals surface area (Å²) in [6.45, 7) is 0.551. The molecule has 0 spiro atoms. The fourth-order valence-electron chi connectivity index (χ4n) is 2.30. The van der Waals surface area contributed by atoms with Crippen molar-refractivity contribution in [2.45, 2.75) is 0 Å². The van der Waals surface area contributed by atoms with Crippen LogP contribution in [0.1, 0.15) is 0 Å². The Bertz CT molecular complexity index is 718. The third-order valence-electron chi connectivity index (χ3n) is 3.26. The zero-order valence-corrected chi connectivity index (χ0v) is 11.2. The summed E-state index contributed by atoms with van der Waals surface area (Å²) in [6, 6.07) is 12.0. The zero-order valence-electron chi connectivity index (χ0n) is 11.2. The molecule has 2 heterocycles. The van der Waals surface area contributed by atoms with Crippen LogP contribution in [0.4, 0.5) is 5.82 Å². The quantitative estimate of drug-likeness (QED) is 0.760. The van der Waals surface area contributed by atoms with Gasteiger partial charge in [0.1, 0.15) is 5.82 Å². The average Bonchev–Trinajstić information content (AvgIpc) is 2.83. The molecule has 1 aromatic carbocycles. The molecule has 0 radical (unpaired) electrons. The molecule has 5 nitrogen and oxygen atoms in total. The SMILES string of the molecule is Cn1cc(-c2ccc(NCCO)nn2)c2ccccc21. The monoisotopic (exact) mass is 268 g/mol. The molecule has 0 saturated heterocycles. The Morgan fingerprint density at radius 1 is 1.15 bits per heavy atom. The lowest BCUT2D eigenvalue weighted by atomic mass is 10.1. The Hall–Kier alpha value is -2.40. The van der Waals surface area contributed by atoms with E-state index in [9.17, 15) is 0 Å². The predicted molar refractivity (Wildman–Crippen MR) is 79.5 cm³/mol. The number of benzene rings is 1. The van der Waals surface area contributed by atoms with Crippen molar-refractivity contribution in [3.63, 3.8) is 0 Å². The number of rotatable bonds is 4. The summed E-state index contributed by atoms with van der Waals surface area (Å²) in [6.07, 6.45) is 2.06. The third kappa shape index (κ3) is 2.23. The fourth-order valence-corrected chi connectivity index (χ4v) is 2.30. The number of nitrogens with one attached hydrogen (secondary N) is 1. The summed E-state index contributed by atoms with van der Waals surface area (Å²) in [4.78, 5) is 0. The predicted octanol–water partition coefficient (Wildman–Crippen LogP) is 2.04. The van der Waals surface area contributed by atoms with E-state index in [0.29, 0.717) is 12.4 Å². The normalized spacial score (nSPS) is 10.9. The maximum atomic E-state index is 8.77. The number of fused-ring (bicyclic) bond motifs is 1. The van der Waals surface area contributed by atoms with E-state index in [2.05, 4.69) is 38.4 Å². The smallest absolute Gasteiger partial charge is 0.148 e. The molecule has 2 N–H and O–H groups in total. The number of aryl methyl sites for hydroxylation is 1. The fraction of sp³-hybridized carbons (Fsp3) is 0.200. The molecule has 0 saturated carbocycles. The molecule has 20 heavy (non-hydrogen) atoms. The first kappa shape index (κ1) is 12.6. The number of nitrogens with zero attached hydrogens (tertiary/aromatic N) is 3. The van der Waals surface area contributed by atoms with Crippen LogP contribution in [-0.4, -0.2) is 33.0 Å². The second-order valence-corrected chi connectivity index (χ2v) is 4.63. The summed E-state index contributed by atoms with van der Waals surface area (Å²) in [5, 5.41) is 21.3. The number of anilines is 1. The Labute approximate surface area is 116 Å². The third-order valence-corrected chi connectivity index (χ3v) is 3.26. The molecular weight excluding hydrogens is 252 g/mol. The van der Waals surface area contributed by atoms with Crippen LogP contribution in [0, 0.1) is 0 Å². The second kappa shape index (κ2) is 5.30. The van der Waals surface area contributed by atoms with Gasteiger partial charge in [-0.2, -0.15) is 0 Å². The van der Waals surface area contributed by atoms with E-state index in [0.717, 1.165) is 11.3 Å². The molecule has 102 valence electrons. The average molecular weight is 268 g/mol. The van der Waals surface area contributed by atoms with Gasteiger partial charge in [0.05, 0.1) is 12.3 Å². The van der Waals surface area contributed by atoms with Crippen LogP contribution in [0.3, 0.4) is 0 Å². The molecule has 5 heteroatoms. The van der Waals surface area contributed by atoms with Gasteiger partial charge in [0.15, 0.2) is 0 Å². The highest BCUT2D eigenvalue weighted by Gasteiger charge is 2.09. The molecule has 0 bridgehead atoms. The van der Waals surface area contributed by atoms with Crippen molar-refractivity contribution in [3.05, 3.63) is 42.6 Å². The van der Waals surface area contributed by atoms with Gasteiger partial charge in [0.2, 0.25) is 0 Å². The molecule has 0 fully saturated rings. The lowest BCUT2D eigenvalue weighted by molar-refractivity contribution is 0.311. The van der Waals surface area contributed by atoms with Gasteiger partial charge in [-0.25, -0.2) is 0 Å². The number of aliphatic hydroxyl groups is 1. The van der Waals surface area contributed by atoms with Crippen molar-refractivity contribution in [2.75, 3.05) is 18.5 Å². The number of hydrogen-bond acceptors (Lipinski definition) is 4. The Morgan fingerprint density at radius 2 is 2.00 bits per heavy atom. The molecule has 0 aliphatic rings. The Balaban J connectivity index is 1.99. The molecule has 3 rings (SSSR count). The van der Waals surface area contributed by atoms with Crippen LogP contribution >= 0.6 is 0 Å². The van der Waals surface area contributed by atoms with Crippen molar-refractivity contribution in [1.82, 2.24) is 14.8 Å². The summed E-state index contributed by atoms with van der Waals surface area (Å²) >= 11 is 0. The number of para-hydroxylation sites is 1. The molecule has 0 unspecified atom stereocenters. The number of aliphatic hydroxyl groups excluding tert-OH is 1. The first-order valence-corrected chi connectivity index (χ1v) is 6.52. The van der Waals surface area contributed by atoms with Crippen LogP contribution in [0.5, 0.6) is 0 Å². The lowest BCUT2D eigenvalue weighted by Gasteiger charge is -2.03. The van der Waals surface area contributed by atoms with Crippen LogP contribution in [0.2, 0.25) is 0 Å². The minimum Gasteiger partial charge on any atom is -0.395 e. The summed E-state index contributed by atoms with van der Waals surface area (Å²) < 4.78 is 2.09. The molecular formula is C15H16N4O. The Kier molecular flexibility index (Phi) is 3.35. The van der Waals surface area contributed by atoms with E-state index in [4.69, 9.17) is 5.11 Å². The highest BCUT2D eigenvalue weighted by atomic mass is 16.3. The van der Waals surface area contributed by atoms with Crippen LogP contribution < -0.4 is 5.32 Å². The second-order valence-electron chi connectivity index (χ2n) is 4.63. The maximum Gasteiger partial charge on any atom is 0.148 e. The minimum atomic E-state index is 0.0761. The number of hydrogen-bond donors (Lipinski definition) is 2. The van der Waals surface area contributed by atoms with Gasteiger partial charge in [0.25, 0.3) is 0 Å². The van der Waals surface area contributed by atoms with E-state index in [-0.39, 0.29) is 6.61 Å². The van der Waals surface area contributed by atoms with Crippen LogP contribution in [0.15, 0.2) is 42.6 Å². The van der Waals surface area contributed by atoms with Crippen molar-refractivity contribution < 1.29 is 5.11 Å². The Morgan fingerprint density at radius 3 is 2.75 bits per heavy atom. The van der Waals surface area contributed by atoms with Gasteiger partial charge in [-0.3, -0.25) is 0 Å². The van der Waals surface area contributed by atoms with E-state index in [1.54, 1.807) is 0 Å². The van der Waals surface area contributed by atoms with Crippen molar-refractivity contribution in [2.24, 2.45) is 7.05 Å². The highest BCUT2D eigenvalue weighted by molar-refractivity contribution is 5.95. The number of aromatic nitrogens is 3. The lowest BCUT2D eigenvalue weighted by Crippen LogP contribution is -2.07. The van der Waals surface area contributed by atoms with Crippen molar-refractivity contribution >= 4 is 16.7 Å². The van der Waals surface area contributed by atoms with Gasteiger partial charge < -0.3 is 15.0 Å². The van der Waals surface area contributed by atoms with Gasteiger partial charge in [-0.15, -0.1) is 10.2 Å². The maximum absolute atomic E-state index is 8.77. The standard InChI is InChI=1S/C15H16N4O/c1-19-10-12(11-4-2-3-5-14(11)19)13-6-7-15(18-17-13)16-8-9-20/h2-7,10,20H,8-9H2,1H3,(H,16,18). The first-order valence-electron chi connectivity index (χ1n) is 6.52. The van der Waals surface area contributed by atoms with Gasteiger partial charge in [0, 0.05) is 36.3 Å². The molecule has 3 aromatic rings. The highest BCUT2D eigenvalue weighted by Crippen LogP contribution is 2.28. The largest absolute Gasteiger partial charge is 0.395 e. The zero-order chi connectivity index (χ0) is 13.9. The van der Waals surface area contributed by atoms with Gasteiger partial charge >= 0.3 is 0 Å². The summed E-state index contributed by atoms with van der Waals surface area (Å²) in [5.41, 5.74) is 3.09. The van der Waals surface area contributed by atoms with Gasteiger partial charge in [-0.05, 0) is 18.2 Å². The molecule has 0 aliphatic heterocycles.